The molecule has 0 aliphatic heterocycles. The van der Waals surface area contributed by atoms with Gasteiger partial charge in [-0.2, -0.15) is 10.2 Å². The van der Waals surface area contributed by atoms with Gasteiger partial charge in [-0.15, -0.1) is 10.2 Å². The standard InChI is InChI=1S/C46H52N4O3/c1-43(2,3)33-25-29(26-34(41(33)51)44(4,5)6)39(49-47-31-19-15-13-16-20-31)37-23-24-38(53-37)40(50-48-32-21-17-14-18-22-32)30-27-35(45(7,8)9)42(52)36(28-30)46(10,11)12/h13-28H,1-12H3. The second-order valence-electron chi connectivity index (χ2n) is 17.7. The van der Waals surface area contributed by atoms with Gasteiger partial charge in [0.1, 0.15) is 11.4 Å². The lowest BCUT2D eigenvalue weighted by atomic mass is 9.71. The summed E-state index contributed by atoms with van der Waals surface area (Å²) in [6, 6.07) is 22.7. The van der Waals surface area contributed by atoms with Crippen molar-refractivity contribution in [1.82, 2.24) is 0 Å². The van der Waals surface area contributed by atoms with Gasteiger partial charge >= 0.3 is 0 Å². The maximum Gasteiger partial charge on any atom is 0.186 e. The smallest absolute Gasteiger partial charge is 0.186 e. The largest absolute Gasteiger partial charge is 0.453 e. The van der Waals surface area contributed by atoms with E-state index in [-0.39, 0.29) is 11.6 Å². The average Bonchev–Trinajstić information content (AvgIpc) is 3.54. The van der Waals surface area contributed by atoms with Crippen LogP contribution in [0.4, 0.5) is 11.4 Å². The van der Waals surface area contributed by atoms with E-state index in [1.807, 2.05) is 180 Å². The molecular formula is C46H52N4O3. The predicted octanol–water partition coefficient (Wildman–Crippen LogP) is 13.3. The molecule has 274 valence electrons. The molecule has 3 aromatic rings. The average molecular weight is 709 g/mol. The molecule has 0 saturated carbocycles. The third kappa shape index (κ3) is 9.02. The van der Waals surface area contributed by atoms with Gasteiger partial charge in [-0.3, -0.25) is 9.59 Å². The van der Waals surface area contributed by atoms with E-state index in [9.17, 15) is 9.59 Å². The van der Waals surface area contributed by atoms with Crippen molar-refractivity contribution in [3.63, 3.8) is 0 Å². The fraction of sp³-hybridized carbons (Fsp3) is 0.348. The molecule has 53 heavy (non-hydrogen) atoms. The normalized spacial score (nSPS) is 16.2. The molecule has 2 aliphatic rings. The summed E-state index contributed by atoms with van der Waals surface area (Å²) in [4.78, 5) is 27.8. The fourth-order valence-electron chi connectivity index (χ4n) is 6.06. The topological polar surface area (TPSA) is 96.7 Å². The lowest BCUT2D eigenvalue weighted by Crippen LogP contribution is -2.28. The van der Waals surface area contributed by atoms with E-state index < -0.39 is 21.7 Å². The minimum atomic E-state index is -0.425. The molecular weight excluding hydrogens is 657 g/mol. The monoisotopic (exact) mass is 708 g/mol. The molecule has 0 N–H and O–H groups in total. The summed E-state index contributed by atoms with van der Waals surface area (Å²) in [6.07, 6.45) is 7.65. The molecule has 7 heteroatoms. The van der Waals surface area contributed by atoms with Crippen molar-refractivity contribution >= 4 is 34.3 Å². The molecule has 1 heterocycles. The van der Waals surface area contributed by atoms with Crippen LogP contribution in [-0.4, -0.2) is 11.6 Å². The number of hydrogen-bond acceptors (Lipinski definition) is 7. The molecule has 2 aliphatic carbocycles. The molecule has 0 atom stereocenters. The van der Waals surface area contributed by atoms with Gasteiger partial charge in [-0.1, -0.05) is 119 Å². The number of benzene rings is 2. The van der Waals surface area contributed by atoms with E-state index in [4.69, 9.17) is 14.6 Å². The van der Waals surface area contributed by atoms with Crippen LogP contribution in [0.2, 0.25) is 0 Å². The Balaban J connectivity index is 1.81. The highest BCUT2D eigenvalue weighted by Crippen LogP contribution is 2.44. The third-order valence-electron chi connectivity index (χ3n) is 9.07. The number of nitrogens with zero attached hydrogens (tertiary/aromatic N) is 4. The highest BCUT2D eigenvalue weighted by molar-refractivity contribution is 6.13. The van der Waals surface area contributed by atoms with E-state index >= 15 is 0 Å². The minimum Gasteiger partial charge on any atom is -0.453 e. The van der Waals surface area contributed by atoms with E-state index in [1.165, 1.54) is 0 Å². The number of hydrogen-bond donors (Lipinski definition) is 0. The number of rotatable bonds is 6. The Morgan fingerprint density at radius 3 is 0.981 bits per heavy atom. The molecule has 0 unspecified atom stereocenters. The fourth-order valence-corrected chi connectivity index (χ4v) is 6.06. The van der Waals surface area contributed by atoms with E-state index in [0.717, 1.165) is 0 Å². The molecule has 0 bridgehead atoms. The highest BCUT2D eigenvalue weighted by atomic mass is 16.3. The maximum absolute atomic E-state index is 13.9. The van der Waals surface area contributed by atoms with Gasteiger partial charge < -0.3 is 4.42 Å². The molecule has 1 aromatic heterocycles. The summed E-state index contributed by atoms with van der Waals surface area (Å²) in [6.45, 7) is 24.5. The van der Waals surface area contributed by atoms with Crippen molar-refractivity contribution in [2.24, 2.45) is 42.1 Å². The van der Waals surface area contributed by atoms with Crippen LogP contribution in [0.3, 0.4) is 0 Å². The quantitative estimate of drug-likeness (QED) is 0.238. The van der Waals surface area contributed by atoms with Crippen molar-refractivity contribution in [3.05, 3.63) is 142 Å². The molecule has 0 fully saturated rings. The van der Waals surface area contributed by atoms with Crippen molar-refractivity contribution in [3.8, 4) is 0 Å². The lowest BCUT2D eigenvalue weighted by molar-refractivity contribution is -0.114. The summed E-state index contributed by atoms with van der Waals surface area (Å²) in [5.74, 6) is 0.934. The predicted molar refractivity (Wildman–Crippen MR) is 215 cm³/mol. The van der Waals surface area contributed by atoms with Gasteiger partial charge in [0, 0.05) is 33.4 Å². The Labute approximate surface area is 314 Å². The first-order valence-electron chi connectivity index (χ1n) is 18.2. The zero-order chi connectivity index (χ0) is 38.9. The zero-order valence-electron chi connectivity index (χ0n) is 33.3. The summed E-state index contributed by atoms with van der Waals surface area (Å²) in [5.41, 5.74) is 4.76. The Kier molecular flexibility index (Phi) is 10.7. The van der Waals surface area contributed by atoms with Crippen LogP contribution in [0.15, 0.2) is 155 Å². The van der Waals surface area contributed by atoms with Crippen LogP contribution in [0.25, 0.3) is 11.4 Å². The van der Waals surface area contributed by atoms with Crippen LogP contribution >= 0.6 is 0 Å². The van der Waals surface area contributed by atoms with Crippen molar-refractivity contribution < 1.29 is 14.0 Å². The number of azo groups is 2. The Hall–Kier alpha value is -5.30. The third-order valence-corrected chi connectivity index (χ3v) is 9.07. The Bertz CT molecular complexity index is 1930. The maximum atomic E-state index is 13.9. The van der Waals surface area contributed by atoms with Gasteiger partial charge in [0.25, 0.3) is 0 Å². The van der Waals surface area contributed by atoms with Gasteiger partial charge in [-0.05, 0) is 82.4 Å². The molecule has 0 saturated heterocycles. The second kappa shape index (κ2) is 14.6. The summed E-state index contributed by atoms with van der Waals surface area (Å²) < 4.78 is 6.72. The highest BCUT2D eigenvalue weighted by Gasteiger charge is 2.37. The summed E-state index contributed by atoms with van der Waals surface area (Å²) in [7, 11) is 0. The number of carbonyl (C=O) groups is 2. The first-order chi connectivity index (χ1) is 24.6. The molecule has 0 radical (unpaired) electrons. The first-order valence-corrected chi connectivity index (χ1v) is 18.2. The number of ketones is 2. The van der Waals surface area contributed by atoms with E-state index in [2.05, 4.69) is 10.2 Å². The van der Waals surface area contributed by atoms with E-state index in [1.54, 1.807) is 0 Å². The van der Waals surface area contributed by atoms with Gasteiger partial charge in [-0.25, -0.2) is 0 Å². The zero-order valence-corrected chi connectivity index (χ0v) is 33.3. The Morgan fingerprint density at radius 2 is 0.717 bits per heavy atom. The summed E-state index contributed by atoms with van der Waals surface area (Å²) >= 11 is 0. The second-order valence-corrected chi connectivity index (χ2v) is 17.7. The number of furan rings is 1. The Morgan fingerprint density at radius 1 is 0.434 bits per heavy atom. The molecule has 7 nitrogen and oxygen atoms in total. The first kappa shape index (κ1) is 38.9. The van der Waals surface area contributed by atoms with Crippen molar-refractivity contribution in [1.29, 1.82) is 0 Å². The molecule has 0 amide bonds. The molecule has 5 rings (SSSR count). The minimum absolute atomic E-state index is 0.0244. The van der Waals surface area contributed by atoms with Crippen LogP contribution in [0.5, 0.6) is 0 Å². The number of carbonyl (C=O) groups excluding carboxylic acids is 2. The summed E-state index contributed by atoms with van der Waals surface area (Å²) in [5, 5.41) is 18.8. The van der Waals surface area contributed by atoms with Crippen molar-refractivity contribution in [2.45, 2.75) is 83.1 Å². The van der Waals surface area contributed by atoms with Gasteiger partial charge in [0.2, 0.25) is 0 Å². The van der Waals surface area contributed by atoms with Crippen LogP contribution in [-0.2, 0) is 9.59 Å². The van der Waals surface area contributed by atoms with Gasteiger partial charge in [0.15, 0.2) is 23.1 Å². The lowest BCUT2D eigenvalue weighted by Gasteiger charge is -2.31. The van der Waals surface area contributed by atoms with Gasteiger partial charge in [0.05, 0.1) is 11.4 Å². The molecule has 0 spiro atoms. The number of Topliss-reactive ketones (excluding diaryl/α,β-unsaturated/α-hetero) is 2. The van der Waals surface area contributed by atoms with Crippen LogP contribution < -0.4 is 0 Å². The van der Waals surface area contributed by atoms with Crippen LogP contribution in [0, 0.1) is 21.7 Å². The SMILES string of the molecule is CC(C)(C)C1=CC(=C(N=Nc2ccccc2)c2ccc(C(N=Nc3ccccc3)=C3C=C(C(C)(C)C)C(=O)C(C(C)(C)C)=C3)o2)C=C(C(C)(C)C)C1=O. The molecule has 2 aromatic carbocycles. The van der Waals surface area contributed by atoms with Crippen molar-refractivity contribution in [2.75, 3.05) is 0 Å². The number of allylic oxidation sites excluding steroid dienone is 10. The van der Waals surface area contributed by atoms with Crippen LogP contribution in [0.1, 0.15) is 94.6 Å². The van der Waals surface area contributed by atoms with E-state index in [0.29, 0.717) is 67.7 Å².